The highest BCUT2D eigenvalue weighted by Gasteiger charge is 2.34. The second kappa shape index (κ2) is 6.04. The molecule has 1 aromatic carbocycles. The van der Waals surface area contributed by atoms with Crippen LogP contribution >= 0.6 is 0 Å². The van der Waals surface area contributed by atoms with Crippen LogP contribution in [0.4, 0.5) is 23.1 Å². The zero-order chi connectivity index (χ0) is 18.2. The van der Waals surface area contributed by atoms with E-state index in [4.69, 9.17) is 5.73 Å². The molecule has 2 heterocycles. The van der Waals surface area contributed by atoms with Gasteiger partial charge in [0.25, 0.3) is 5.56 Å². The zero-order valence-corrected chi connectivity index (χ0v) is 14.3. The molecule has 4 N–H and O–H groups in total. The molecule has 1 aromatic heterocycles. The number of nitrogens with one attached hydrogen (secondary N) is 2. The lowest BCUT2D eigenvalue weighted by molar-refractivity contribution is 0.101. The number of nitrogens with zero attached hydrogens (tertiary/aromatic N) is 3. The number of nitrogen functional groups attached to an aromatic ring is 1. The molecule has 0 saturated carbocycles. The number of carbonyl (C=O) groups excluding carboxylic acids is 1. The van der Waals surface area contributed by atoms with Gasteiger partial charge in [0.05, 0.1) is 5.54 Å². The number of fused-ring (bicyclic) bond motifs is 1. The average molecular weight is 340 g/mol. The van der Waals surface area contributed by atoms with Crippen molar-refractivity contribution in [1.29, 1.82) is 0 Å². The van der Waals surface area contributed by atoms with E-state index in [1.807, 2.05) is 31.0 Å². The van der Waals surface area contributed by atoms with Gasteiger partial charge in [-0.3, -0.25) is 14.6 Å². The Labute approximate surface area is 144 Å². The Balaban J connectivity index is 1.81. The summed E-state index contributed by atoms with van der Waals surface area (Å²) in [5.41, 5.74) is 6.64. The Morgan fingerprint density at radius 3 is 2.68 bits per heavy atom. The smallest absolute Gasteiger partial charge is 0.278 e. The van der Waals surface area contributed by atoms with Crippen LogP contribution in [0, 0.1) is 0 Å². The molecule has 0 spiro atoms. The van der Waals surface area contributed by atoms with Gasteiger partial charge in [0.1, 0.15) is 5.69 Å². The maximum atomic E-state index is 12.2. The molecule has 0 amide bonds. The minimum atomic E-state index is -0.531. The van der Waals surface area contributed by atoms with E-state index in [0.717, 1.165) is 5.69 Å². The number of carbonyl (C=O) groups is 1. The second-order valence-corrected chi connectivity index (χ2v) is 6.28. The third-order valence-electron chi connectivity index (χ3n) is 4.40. The predicted molar refractivity (Wildman–Crippen MR) is 99.2 cm³/mol. The minimum Gasteiger partial charge on any atom is -0.382 e. The Kier molecular flexibility index (Phi) is 4.03. The van der Waals surface area contributed by atoms with Crippen LogP contribution < -0.4 is 21.5 Å². The van der Waals surface area contributed by atoms with E-state index < -0.39 is 5.54 Å². The molecule has 0 fully saturated rings. The quantitative estimate of drug-likeness (QED) is 0.728. The van der Waals surface area contributed by atoms with Crippen molar-refractivity contribution in [3.05, 3.63) is 40.2 Å². The largest absolute Gasteiger partial charge is 0.382 e. The van der Waals surface area contributed by atoms with Crippen LogP contribution in [0.5, 0.6) is 0 Å². The monoisotopic (exact) mass is 340 g/mol. The van der Waals surface area contributed by atoms with Crippen molar-refractivity contribution in [2.24, 2.45) is 4.99 Å². The SMILES string of the molecule is CC(=O)c1ccc(NC[C@@]2(C)C=Nc3nc(N)[nH]c(=O)c3N2C)cc1. The molecule has 1 atom stereocenters. The number of benzene rings is 1. The fraction of sp³-hybridized carbons (Fsp3) is 0.294. The van der Waals surface area contributed by atoms with Gasteiger partial charge in [0.2, 0.25) is 5.95 Å². The number of hydrogen-bond donors (Lipinski definition) is 3. The highest BCUT2D eigenvalue weighted by atomic mass is 16.1. The molecule has 130 valence electrons. The van der Waals surface area contributed by atoms with Gasteiger partial charge in [-0.25, -0.2) is 4.99 Å². The van der Waals surface area contributed by atoms with Crippen LogP contribution in [0.2, 0.25) is 0 Å². The van der Waals surface area contributed by atoms with Crippen molar-refractivity contribution in [2.45, 2.75) is 19.4 Å². The van der Waals surface area contributed by atoms with E-state index in [9.17, 15) is 9.59 Å². The van der Waals surface area contributed by atoms with Crippen molar-refractivity contribution in [3.8, 4) is 0 Å². The first-order valence-electron chi connectivity index (χ1n) is 7.84. The third kappa shape index (κ3) is 3.10. The minimum absolute atomic E-state index is 0.0280. The normalized spacial score (nSPS) is 18.8. The molecule has 0 unspecified atom stereocenters. The second-order valence-electron chi connectivity index (χ2n) is 6.28. The van der Waals surface area contributed by atoms with E-state index in [1.165, 1.54) is 6.92 Å². The molecule has 0 radical (unpaired) electrons. The van der Waals surface area contributed by atoms with Crippen molar-refractivity contribution in [2.75, 3.05) is 29.5 Å². The number of ketones is 1. The van der Waals surface area contributed by atoms with E-state index in [1.54, 1.807) is 18.3 Å². The molecule has 25 heavy (non-hydrogen) atoms. The van der Waals surface area contributed by atoms with Gasteiger partial charge in [-0.2, -0.15) is 4.98 Å². The van der Waals surface area contributed by atoms with Gasteiger partial charge < -0.3 is 16.0 Å². The lowest BCUT2D eigenvalue weighted by atomic mass is 9.99. The summed E-state index contributed by atoms with van der Waals surface area (Å²) in [6.07, 6.45) is 1.75. The van der Waals surface area contributed by atoms with Crippen LogP contribution in [0.3, 0.4) is 0 Å². The summed E-state index contributed by atoms with van der Waals surface area (Å²) < 4.78 is 0. The van der Waals surface area contributed by atoms with E-state index in [-0.39, 0.29) is 17.3 Å². The van der Waals surface area contributed by atoms with Crippen LogP contribution in [0.25, 0.3) is 0 Å². The summed E-state index contributed by atoms with van der Waals surface area (Å²) in [5.74, 6) is 0.383. The van der Waals surface area contributed by atoms with E-state index in [2.05, 4.69) is 20.3 Å². The Hall–Kier alpha value is -3.16. The Morgan fingerprint density at radius 2 is 2.04 bits per heavy atom. The summed E-state index contributed by atoms with van der Waals surface area (Å²) in [7, 11) is 1.82. The number of likely N-dealkylation sites (N-methyl/N-ethyl adjacent to an activating group) is 1. The molecular weight excluding hydrogens is 320 g/mol. The van der Waals surface area contributed by atoms with Gasteiger partial charge in [-0.1, -0.05) is 0 Å². The van der Waals surface area contributed by atoms with Crippen LogP contribution in [-0.4, -0.2) is 41.1 Å². The van der Waals surface area contributed by atoms with Crippen LogP contribution in [0.1, 0.15) is 24.2 Å². The first kappa shape index (κ1) is 16.7. The maximum absolute atomic E-state index is 12.2. The molecule has 1 aliphatic heterocycles. The molecule has 2 aromatic rings. The van der Waals surface area contributed by atoms with Gasteiger partial charge in [0, 0.05) is 31.1 Å². The summed E-state index contributed by atoms with van der Waals surface area (Å²) >= 11 is 0. The van der Waals surface area contributed by atoms with Crippen molar-refractivity contribution in [3.63, 3.8) is 0 Å². The van der Waals surface area contributed by atoms with Crippen LogP contribution in [0.15, 0.2) is 34.1 Å². The number of H-pyrrole nitrogens is 1. The molecule has 8 heteroatoms. The van der Waals surface area contributed by atoms with Gasteiger partial charge in [0.15, 0.2) is 11.6 Å². The lowest BCUT2D eigenvalue weighted by Gasteiger charge is -2.39. The number of Topliss-reactive ketones (excluding diaryl/α,β-unsaturated/α-hetero) is 1. The highest BCUT2D eigenvalue weighted by Crippen LogP contribution is 2.31. The van der Waals surface area contributed by atoms with Gasteiger partial charge in [-0.05, 0) is 38.1 Å². The first-order valence-corrected chi connectivity index (χ1v) is 7.84. The number of aromatic amines is 1. The maximum Gasteiger partial charge on any atom is 0.278 e. The summed E-state index contributed by atoms with van der Waals surface area (Å²) in [6, 6.07) is 7.25. The van der Waals surface area contributed by atoms with E-state index >= 15 is 0 Å². The fourth-order valence-electron chi connectivity index (χ4n) is 2.67. The molecule has 1 aliphatic rings. The zero-order valence-electron chi connectivity index (χ0n) is 14.3. The number of aromatic nitrogens is 2. The number of rotatable bonds is 4. The summed E-state index contributed by atoms with van der Waals surface area (Å²) in [6.45, 7) is 4.01. The molecule has 8 nitrogen and oxygen atoms in total. The molecule has 0 bridgehead atoms. The van der Waals surface area contributed by atoms with Gasteiger partial charge in [-0.15, -0.1) is 0 Å². The summed E-state index contributed by atoms with van der Waals surface area (Å²) in [4.78, 5) is 36.3. The van der Waals surface area contributed by atoms with Crippen molar-refractivity contribution in [1.82, 2.24) is 9.97 Å². The standard InChI is InChI=1S/C17H20N6O2/c1-10(24)11-4-6-12(7-5-11)19-8-17(2)9-20-14-13(23(17)3)15(25)22-16(18)21-14/h4-7,9,19H,8H2,1-3H3,(H3,18,21,22,25)/t17-/m0/s1. The number of hydrogen-bond acceptors (Lipinski definition) is 7. The lowest BCUT2D eigenvalue weighted by Crippen LogP contribution is -2.53. The predicted octanol–water partition coefficient (Wildman–Crippen LogP) is 1.58. The average Bonchev–Trinajstić information content (AvgIpc) is 2.56. The molecule has 0 aliphatic carbocycles. The first-order chi connectivity index (χ1) is 11.8. The van der Waals surface area contributed by atoms with Gasteiger partial charge >= 0.3 is 0 Å². The number of nitrogens with two attached hydrogens (primary N) is 1. The van der Waals surface area contributed by atoms with Crippen molar-refractivity contribution >= 4 is 35.1 Å². The molecule has 0 saturated heterocycles. The Morgan fingerprint density at radius 1 is 1.36 bits per heavy atom. The fourth-order valence-corrected chi connectivity index (χ4v) is 2.67. The highest BCUT2D eigenvalue weighted by molar-refractivity contribution is 5.94. The third-order valence-corrected chi connectivity index (χ3v) is 4.40. The topological polar surface area (TPSA) is 116 Å². The Bertz CT molecular complexity index is 902. The van der Waals surface area contributed by atoms with E-state index in [0.29, 0.717) is 23.6 Å². The molecular formula is C17H20N6O2. The number of aliphatic imine (C=N–C) groups is 1. The summed E-state index contributed by atoms with van der Waals surface area (Å²) in [5, 5.41) is 3.31. The van der Waals surface area contributed by atoms with Crippen LogP contribution in [-0.2, 0) is 0 Å². The molecule has 3 rings (SSSR count). The number of anilines is 3. The van der Waals surface area contributed by atoms with Crippen molar-refractivity contribution < 1.29 is 4.79 Å².